The van der Waals surface area contributed by atoms with Gasteiger partial charge in [-0.2, -0.15) is 0 Å². The molecular weight excluding hydrogens is 346 g/mol. The van der Waals surface area contributed by atoms with Crippen molar-refractivity contribution in [1.82, 2.24) is 5.16 Å². The van der Waals surface area contributed by atoms with Crippen LogP contribution in [0.3, 0.4) is 0 Å². The molecule has 5 heteroatoms. The molecule has 0 N–H and O–H groups in total. The molecule has 0 radical (unpaired) electrons. The van der Waals surface area contributed by atoms with Gasteiger partial charge in [0.2, 0.25) is 0 Å². The Balaban J connectivity index is 1.80. The molecule has 1 aromatic heterocycles. The summed E-state index contributed by atoms with van der Waals surface area (Å²) in [5, 5.41) is 4.04. The fourth-order valence-corrected chi connectivity index (χ4v) is 4.04. The first-order chi connectivity index (χ1) is 12.6. The zero-order valence-corrected chi connectivity index (χ0v) is 15.3. The van der Waals surface area contributed by atoms with E-state index in [-0.39, 0.29) is 5.78 Å². The molecule has 2 aromatic carbocycles. The SMILES string of the molecule is CS(=O)c1cccc(C(=O)c2conc2C2CC2)c1Cc1ccccc1. The Morgan fingerprint density at radius 2 is 1.88 bits per heavy atom. The van der Waals surface area contributed by atoms with Crippen molar-refractivity contribution in [3.8, 4) is 0 Å². The molecule has 132 valence electrons. The number of carbonyl (C=O) groups is 1. The number of nitrogens with zero attached hydrogens (tertiary/aromatic N) is 1. The van der Waals surface area contributed by atoms with E-state index in [9.17, 15) is 9.00 Å². The van der Waals surface area contributed by atoms with E-state index in [2.05, 4.69) is 5.16 Å². The molecule has 3 aromatic rings. The standard InChI is InChI=1S/C21H19NO3S/c1-26(24)19-9-5-8-16(17(19)12-14-6-3-2-4-7-14)21(23)18-13-25-22-20(18)15-10-11-15/h2-9,13,15H,10-12H2,1H3. The Hall–Kier alpha value is -2.53. The third-order valence-corrected chi connectivity index (χ3v) is 5.72. The van der Waals surface area contributed by atoms with E-state index in [4.69, 9.17) is 4.52 Å². The van der Waals surface area contributed by atoms with Gasteiger partial charge in [-0.15, -0.1) is 0 Å². The highest BCUT2D eigenvalue weighted by Crippen LogP contribution is 2.41. The van der Waals surface area contributed by atoms with Crippen LogP contribution in [-0.4, -0.2) is 21.4 Å². The average molecular weight is 365 g/mol. The second-order valence-corrected chi connectivity index (χ2v) is 7.96. The zero-order chi connectivity index (χ0) is 18.1. The van der Waals surface area contributed by atoms with Crippen LogP contribution in [0.1, 0.15) is 51.5 Å². The van der Waals surface area contributed by atoms with Crippen molar-refractivity contribution in [2.24, 2.45) is 0 Å². The lowest BCUT2D eigenvalue weighted by atomic mass is 9.94. The van der Waals surface area contributed by atoms with Crippen molar-refractivity contribution in [3.05, 3.63) is 82.7 Å². The normalized spacial score (nSPS) is 15.0. The number of carbonyl (C=O) groups excluding carboxylic acids is 1. The van der Waals surface area contributed by atoms with Gasteiger partial charge in [-0.3, -0.25) is 9.00 Å². The molecule has 1 fully saturated rings. The largest absolute Gasteiger partial charge is 0.364 e. The molecule has 0 aliphatic heterocycles. The van der Waals surface area contributed by atoms with E-state index in [1.807, 2.05) is 36.4 Å². The van der Waals surface area contributed by atoms with Gasteiger partial charge in [0.25, 0.3) is 0 Å². The maximum Gasteiger partial charge on any atom is 0.198 e. The van der Waals surface area contributed by atoms with Crippen LogP contribution in [0.5, 0.6) is 0 Å². The number of hydrogen-bond donors (Lipinski definition) is 0. The molecule has 1 aliphatic carbocycles. The van der Waals surface area contributed by atoms with Crippen molar-refractivity contribution in [2.45, 2.75) is 30.1 Å². The summed E-state index contributed by atoms with van der Waals surface area (Å²) < 4.78 is 17.4. The van der Waals surface area contributed by atoms with Crippen molar-refractivity contribution in [1.29, 1.82) is 0 Å². The van der Waals surface area contributed by atoms with Crippen LogP contribution >= 0.6 is 0 Å². The van der Waals surface area contributed by atoms with Crippen LogP contribution in [0.4, 0.5) is 0 Å². The molecule has 0 bridgehead atoms. The number of aromatic nitrogens is 1. The third-order valence-electron chi connectivity index (χ3n) is 4.72. The summed E-state index contributed by atoms with van der Waals surface area (Å²) in [6.45, 7) is 0. The van der Waals surface area contributed by atoms with Crippen LogP contribution in [0.2, 0.25) is 0 Å². The predicted octanol–water partition coefficient (Wildman–Crippen LogP) is 4.11. The Morgan fingerprint density at radius 3 is 2.58 bits per heavy atom. The molecule has 1 aliphatic rings. The minimum absolute atomic E-state index is 0.105. The zero-order valence-electron chi connectivity index (χ0n) is 14.5. The molecule has 26 heavy (non-hydrogen) atoms. The Labute approximate surface area is 154 Å². The highest BCUT2D eigenvalue weighted by Gasteiger charge is 2.32. The summed E-state index contributed by atoms with van der Waals surface area (Å²) in [5.74, 6) is 0.222. The summed E-state index contributed by atoms with van der Waals surface area (Å²) in [4.78, 5) is 13.9. The fraction of sp³-hybridized carbons (Fsp3) is 0.238. The van der Waals surface area contributed by atoms with Gasteiger partial charge in [0.05, 0.1) is 22.1 Å². The lowest BCUT2D eigenvalue weighted by Crippen LogP contribution is -2.10. The minimum Gasteiger partial charge on any atom is -0.364 e. The second kappa shape index (κ2) is 7.00. The number of hydrogen-bond acceptors (Lipinski definition) is 4. The predicted molar refractivity (Wildman–Crippen MR) is 99.9 cm³/mol. The summed E-state index contributed by atoms with van der Waals surface area (Å²) in [7, 11) is -1.18. The van der Waals surface area contributed by atoms with Crippen molar-refractivity contribution in [2.75, 3.05) is 6.26 Å². The molecule has 0 amide bonds. The van der Waals surface area contributed by atoms with E-state index >= 15 is 0 Å². The number of ketones is 1. The van der Waals surface area contributed by atoms with Gasteiger partial charge in [0, 0.05) is 22.6 Å². The lowest BCUT2D eigenvalue weighted by Gasteiger charge is -2.13. The Morgan fingerprint density at radius 1 is 1.12 bits per heavy atom. The summed E-state index contributed by atoms with van der Waals surface area (Å²) in [6, 6.07) is 15.3. The highest BCUT2D eigenvalue weighted by atomic mass is 32.2. The van der Waals surface area contributed by atoms with Gasteiger partial charge in [-0.1, -0.05) is 47.6 Å². The van der Waals surface area contributed by atoms with Crippen molar-refractivity contribution < 1.29 is 13.5 Å². The summed E-state index contributed by atoms with van der Waals surface area (Å²) in [5.41, 5.74) is 3.75. The molecular formula is C21H19NO3S. The Bertz CT molecular complexity index is 974. The van der Waals surface area contributed by atoms with E-state index in [0.717, 1.165) is 29.7 Å². The smallest absolute Gasteiger partial charge is 0.198 e. The van der Waals surface area contributed by atoms with E-state index in [1.54, 1.807) is 18.4 Å². The summed E-state index contributed by atoms with van der Waals surface area (Å²) >= 11 is 0. The molecule has 4 rings (SSSR count). The van der Waals surface area contributed by atoms with Crippen LogP contribution in [-0.2, 0) is 17.2 Å². The van der Waals surface area contributed by atoms with Gasteiger partial charge in [-0.05, 0) is 36.5 Å². The van der Waals surface area contributed by atoms with Gasteiger partial charge >= 0.3 is 0 Å². The summed E-state index contributed by atoms with van der Waals surface area (Å²) in [6.07, 6.45) is 5.73. The minimum atomic E-state index is -1.18. The molecule has 1 heterocycles. The van der Waals surface area contributed by atoms with Crippen LogP contribution < -0.4 is 0 Å². The van der Waals surface area contributed by atoms with Gasteiger partial charge in [-0.25, -0.2) is 0 Å². The quantitative estimate of drug-likeness (QED) is 0.617. The first kappa shape index (κ1) is 16.9. The highest BCUT2D eigenvalue weighted by molar-refractivity contribution is 7.84. The lowest BCUT2D eigenvalue weighted by molar-refractivity contribution is 0.103. The monoisotopic (exact) mass is 365 g/mol. The van der Waals surface area contributed by atoms with Crippen molar-refractivity contribution >= 4 is 16.6 Å². The molecule has 1 saturated carbocycles. The first-order valence-electron chi connectivity index (χ1n) is 8.63. The third kappa shape index (κ3) is 3.27. The van der Waals surface area contributed by atoms with E-state index in [1.165, 1.54) is 6.26 Å². The van der Waals surface area contributed by atoms with Crippen molar-refractivity contribution in [3.63, 3.8) is 0 Å². The molecule has 0 saturated heterocycles. The average Bonchev–Trinajstić information content (AvgIpc) is 3.38. The van der Waals surface area contributed by atoms with Gasteiger partial charge in [0.1, 0.15) is 6.26 Å². The van der Waals surface area contributed by atoms with Crippen LogP contribution in [0.15, 0.2) is 64.2 Å². The first-order valence-corrected chi connectivity index (χ1v) is 10.2. The fourth-order valence-electron chi connectivity index (χ4n) is 3.24. The van der Waals surface area contributed by atoms with Gasteiger partial charge < -0.3 is 4.52 Å². The Kier molecular flexibility index (Phi) is 4.55. The van der Waals surface area contributed by atoms with Crippen LogP contribution in [0.25, 0.3) is 0 Å². The van der Waals surface area contributed by atoms with Crippen LogP contribution in [0, 0.1) is 0 Å². The topological polar surface area (TPSA) is 60.2 Å². The molecule has 4 nitrogen and oxygen atoms in total. The molecule has 1 unspecified atom stereocenters. The molecule has 0 spiro atoms. The van der Waals surface area contributed by atoms with E-state index in [0.29, 0.717) is 28.4 Å². The van der Waals surface area contributed by atoms with E-state index < -0.39 is 10.8 Å². The molecule has 1 atom stereocenters. The number of rotatable bonds is 6. The maximum absolute atomic E-state index is 13.2. The maximum atomic E-state index is 13.2. The second-order valence-electron chi connectivity index (χ2n) is 6.62. The van der Waals surface area contributed by atoms with Gasteiger partial charge in [0.15, 0.2) is 5.78 Å². The number of benzene rings is 2.